The Morgan fingerprint density at radius 1 is 1.38 bits per heavy atom. The van der Waals surface area contributed by atoms with Crippen LogP contribution in [0.4, 0.5) is 5.69 Å². The number of H-pyrrole nitrogens is 1. The molecule has 0 bridgehead atoms. The molecule has 0 aliphatic rings. The number of rotatable bonds is 4. The Kier molecular flexibility index (Phi) is 3.51. The van der Waals surface area contributed by atoms with E-state index >= 15 is 0 Å². The number of aromatic amines is 1. The van der Waals surface area contributed by atoms with Gasteiger partial charge in [-0.3, -0.25) is 14.9 Å². The van der Waals surface area contributed by atoms with Crippen molar-refractivity contribution in [3.63, 3.8) is 0 Å². The van der Waals surface area contributed by atoms with Gasteiger partial charge in [-0.05, 0) is 31.2 Å². The predicted molar refractivity (Wildman–Crippen MR) is 79.5 cm³/mol. The van der Waals surface area contributed by atoms with Crippen LogP contribution in [-0.2, 0) is 0 Å². The number of benzene rings is 1. The number of carbonyl (C=O) groups is 1. The number of ether oxygens (including phenoxy) is 1. The Morgan fingerprint density at radius 2 is 2.29 bits per heavy atom. The number of hydrogen-bond donors (Lipinski definition) is 2. The van der Waals surface area contributed by atoms with Crippen LogP contribution in [0.25, 0.3) is 10.9 Å². The molecular formula is C15H14N4O2. The molecule has 0 fully saturated rings. The lowest BCUT2D eigenvalue weighted by molar-refractivity contribution is 0.102. The minimum atomic E-state index is -0.236. The second kappa shape index (κ2) is 5.62. The molecule has 21 heavy (non-hydrogen) atoms. The van der Waals surface area contributed by atoms with Crippen molar-refractivity contribution >= 4 is 22.5 Å². The summed E-state index contributed by atoms with van der Waals surface area (Å²) in [5.74, 6) is 0.516. The normalized spacial score (nSPS) is 10.5. The van der Waals surface area contributed by atoms with Crippen LogP contribution in [0.1, 0.15) is 17.3 Å². The summed E-state index contributed by atoms with van der Waals surface area (Å²) in [6, 6.07) is 7.38. The fourth-order valence-electron chi connectivity index (χ4n) is 2.10. The molecular weight excluding hydrogens is 268 g/mol. The van der Waals surface area contributed by atoms with E-state index in [0.717, 1.165) is 11.1 Å². The quantitative estimate of drug-likeness (QED) is 0.770. The molecule has 1 aromatic carbocycles. The fourth-order valence-corrected chi connectivity index (χ4v) is 2.10. The zero-order valence-corrected chi connectivity index (χ0v) is 11.5. The van der Waals surface area contributed by atoms with Gasteiger partial charge in [-0.25, -0.2) is 0 Å². The van der Waals surface area contributed by atoms with E-state index in [9.17, 15) is 4.79 Å². The predicted octanol–water partition coefficient (Wildman–Crippen LogP) is 2.61. The first kappa shape index (κ1) is 13.1. The zero-order valence-electron chi connectivity index (χ0n) is 11.5. The number of fused-ring (bicyclic) bond motifs is 1. The topological polar surface area (TPSA) is 79.9 Å². The SMILES string of the molecule is CCOc1ccc(NC(=O)c2cn[nH]c2)c2ncccc12. The van der Waals surface area contributed by atoms with Gasteiger partial charge in [0.1, 0.15) is 5.75 Å². The molecule has 6 nitrogen and oxygen atoms in total. The van der Waals surface area contributed by atoms with Crippen molar-refractivity contribution in [1.82, 2.24) is 15.2 Å². The summed E-state index contributed by atoms with van der Waals surface area (Å²) in [6.45, 7) is 2.50. The number of anilines is 1. The van der Waals surface area contributed by atoms with Gasteiger partial charge in [0, 0.05) is 17.8 Å². The molecule has 3 rings (SSSR count). The Bertz CT molecular complexity index is 768. The van der Waals surface area contributed by atoms with E-state index in [1.165, 1.54) is 6.20 Å². The van der Waals surface area contributed by atoms with Crippen LogP contribution in [0.15, 0.2) is 42.9 Å². The van der Waals surface area contributed by atoms with Crippen molar-refractivity contribution in [2.45, 2.75) is 6.92 Å². The maximum absolute atomic E-state index is 12.1. The lowest BCUT2D eigenvalue weighted by atomic mass is 10.1. The molecule has 3 aromatic rings. The van der Waals surface area contributed by atoms with Crippen LogP contribution in [-0.4, -0.2) is 27.7 Å². The lowest BCUT2D eigenvalue weighted by Gasteiger charge is -2.11. The second-order valence-electron chi connectivity index (χ2n) is 4.38. The first-order valence-electron chi connectivity index (χ1n) is 6.60. The van der Waals surface area contributed by atoms with Crippen molar-refractivity contribution in [3.8, 4) is 5.75 Å². The zero-order chi connectivity index (χ0) is 14.7. The number of amides is 1. The number of carbonyl (C=O) groups excluding carboxylic acids is 1. The third-order valence-corrected chi connectivity index (χ3v) is 3.04. The molecule has 0 spiro atoms. The summed E-state index contributed by atoms with van der Waals surface area (Å²) < 4.78 is 5.58. The molecule has 6 heteroatoms. The van der Waals surface area contributed by atoms with Gasteiger partial charge in [-0.2, -0.15) is 5.10 Å². The van der Waals surface area contributed by atoms with E-state index in [4.69, 9.17) is 4.74 Å². The molecule has 2 heterocycles. The third kappa shape index (κ3) is 2.55. The van der Waals surface area contributed by atoms with Crippen molar-refractivity contribution in [2.75, 3.05) is 11.9 Å². The van der Waals surface area contributed by atoms with Gasteiger partial charge in [0.25, 0.3) is 5.91 Å². The molecule has 0 unspecified atom stereocenters. The Morgan fingerprint density at radius 3 is 3.05 bits per heavy atom. The molecule has 1 amide bonds. The van der Waals surface area contributed by atoms with Crippen molar-refractivity contribution in [3.05, 3.63) is 48.4 Å². The van der Waals surface area contributed by atoms with Crippen LogP contribution in [0.2, 0.25) is 0 Å². The van der Waals surface area contributed by atoms with Gasteiger partial charge in [0.15, 0.2) is 0 Å². The average Bonchev–Trinajstić information content (AvgIpc) is 3.04. The maximum atomic E-state index is 12.1. The van der Waals surface area contributed by atoms with Crippen LogP contribution < -0.4 is 10.1 Å². The van der Waals surface area contributed by atoms with E-state index in [1.807, 2.05) is 25.1 Å². The van der Waals surface area contributed by atoms with Crippen LogP contribution in [0, 0.1) is 0 Å². The second-order valence-corrected chi connectivity index (χ2v) is 4.38. The van der Waals surface area contributed by atoms with Crippen LogP contribution >= 0.6 is 0 Å². The van der Waals surface area contributed by atoms with E-state index in [0.29, 0.717) is 23.4 Å². The molecule has 2 aromatic heterocycles. The van der Waals surface area contributed by atoms with Crippen molar-refractivity contribution in [1.29, 1.82) is 0 Å². The molecule has 0 radical (unpaired) electrons. The largest absolute Gasteiger partial charge is 0.493 e. The van der Waals surface area contributed by atoms with Gasteiger partial charge in [0.2, 0.25) is 0 Å². The number of pyridine rings is 1. The van der Waals surface area contributed by atoms with Gasteiger partial charge >= 0.3 is 0 Å². The summed E-state index contributed by atoms with van der Waals surface area (Å²) >= 11 is 0. The minimum Gasteiger partial charge on any atom is -0.493 e. The summed E-state index contributed by atoms with van der Waals surface area (Å²) in [5, 5.41) is 10.1. The molecule has 0 saturated carbocycles. The first-order chi connectivity index (χ1) is 10.3. The highest BCUT2D eigenvalue weighted by Crippen LogP contribution is 2.30. The van der Waals surface area contributed by atoms with E-state index in [-0.39, 0.29) is 5.91 Å². The molecule has 0 atom stereocenters. The summed E-state index contributed by atoms with van der Waals surface area (Å²) in [6.07, 6.45) is 4.70. The lowest BCUT2D eigenvalue weighted by Crippen LogP contribution is -2.11. The molecule has 0 saturated heterocycles. The standard InChI is InChI=1S/C15H14N4O2/c1-2-21-13-6-5-12(14-11(13)4-3-7-16-14)19-15(20)10-8-17-18-9-10/h3-9H,2H2,1H3,(H,17,18)(H,19,20). The van der Waals surface area contributed by atoms with Crippen molar-refractivity contribution in [2.24, 2.45) is 0 Å². The number of nitrogens with zero attached hydrogens (tertiary/aromatic N) is 2. The maximum Gasteiger partial charge on any atom is 0.258 e. The van der Waals surface area contributed by atoms with Gasteiger partial charge in [0.05, 0.1) is 29.6 Å². The fraction of sp³-hybridized carbons (Fsp3) is 0.133. The Labute approximate surface area is 121 Å². The molecule has 0 aliphatic heterocycles. The minimum absolute atomic E-state index is 0.236. The summed E-state index contributed by atoms with van der Waals surface area (Å²) in [5.41, 5.74) is 1.80. The number of aromatic nitrogens is 3. The van der Waals surface area contributed by atoms with E-state index in [1.54, 1.807) is 18.5 Å². The highest BCUT2D eigenvalue weighted by atomic mass is 16.5. The third-order valence-electron chi connectivity index (χ3n) is 3.04. The highest BCUT2D eigenvalue weighted by molar-refractivity contribution is 6.08. The number of hydrogen-bond acceptors (Lipinski definition) is 4. The average molecular weight is 282 g/mol. The van der Waals surface area contributed by atoms with Crippen molar-refractivity contribution < 1.29 is 9.53 Å². The monoisotopic (exact) mass is 282 g/mol. The summed E-state index contributed by atoms with van der Waals surface area (Å²) in [7, 11) is 0. The van der Waals surface area contributed by atoms with Crippen LogP contribution in [0.5, 0.6) is 5.75 Å². The summed E-state index contributed by atoms with van der Waals surface area (Å²) in [4.78, 5) is 16.4. The van der Waals surface area contributed by atoms with E-state index < -0.39 is 0 Å². The Balaban J connectivity index is 2.00. The molecule has 106 valence electrons. The van der Waals surface area contributed by atoms with Gasteiger partial charge in [-0.1, -0.05) is 0 Å². The molecule has 0 aliphatic carbocycles. The van der Waals surface area contributed by atoms with Gasteiger partial charge < -0.3 is 10.1 Å². The smallest absolute Gasteiger partial charge is 0.258 e. The highest BCUT2D eigenvalue weighted by Gasteiger charge is 2.12. The molecule has 2 N–H and O–H groups in total. The Hall–Kier alpha value is -2.89. The van der Waals surface area contributed by atoms with E-state index in [2.05, 4.69) is 20.5 Å². The number of nitrogens with one attached hydrogen (secondary N) is 2. The van der Waals surface area contributed by atoms with Crippen LogP contribution in [0.3, 0.4) is 0 Å². The first-order valence-corrected chi connectivity index (χ1v) is 6.60. The van der Waals surface area contributed by atoms with Gasteiger partial charge in [-0.15, -0.1) is 0 Å².